The lowest BCUT2D eigenvalue weighted by Gasteiger charge is -2.20. The van der Waals surface area contributed by atoms with E-state index in [1.54, 1.807) is 27.7 Å². The molecule has 0 aromatic carbocycles. The molecule has 0 fully saturated rings. The van der Waals surface area contributed by atoms with Crippen LogP contribution in [-0.4, -0.2) is 84.1 Å². The van der Waals surface area contributed by atoms with E-state index in [2.05, 4.69) is 37.9 Å². The first kappa shape index (κ1) is 35.8. The molecule has 3 atom stereocenters. The molecule has 0 saturated heterocycles. The predicted molar refractivity (Wildman–Crippen MR) is 121 cm³/mol. The van der Waals surface area contributed by atoms with E-state index in [-0.39, 0.29) is 54.8 Å². The minimum absolute atomic E-state index is 0.0301. The van der Waals surface area contributed by atoms with Crippen LogP contribution in [0.5, 0.6) is 0 Å². The highest BCUT2D eigenvalue weighted by molar-refractivity contribution is 7.81. The molecule has 0 radical (unpaired) electrons. The first-order chi connectivity index (χ1) is 13.1. The summed E-state index contributed by atoms with van der Waals surface area (Å²) in [5.41, 5.74) is -0.708. The van der Waals surface area contributed by atoms with Gasteiger partial charge in [0, 0.05) is 21.2 Å². The van der Waals surface area contributed by atoms with E-state index in [0.717, 1.165) is 0 Å². The third kappa shape index (κ3) is 42.4. The summed E-state index contributed by atoms with van der Waals surface area (Å²) in [7, 11) is 0. The average molecular weight is 481 g/mol. The zero-order chi connectivity index (χ0) is 24.2. The molecule has 0 spiro atoms. The number of carboxylic acids is 3. The van der Waals surface area contributed by atoms with Crippen LogP contribution in [-0.2, 0) is 14.4 Å². The van der Waals surface area contributed by atoms with E-state index in [9.17, 15) is 14.4 Å². The molecule has 0 aliphatic carbocycles. The maximum atomic E-state index is 9.76. The molecule has 0 saturated carbocycles. The summed E-state index contributed by atoms with van der Waals surface area (Å²) >= 11 is 11.6. The van der Waals surface area contributed by atoms with Crippen LogP contribution in [0.2, 0.25) is 0 Å². The largest absolute Gasteiger partial charge is 0.481 e. The lowest BCUT2D eigenvalue weighted by atomic mass is 9.95. The molecule has 0 rings (SSSR count). The van der Waals surface area contributed by atoms with Gasteiger partial charge in [0.05, 0.1) is 39.1 Å². The van der Waals surface area contributed by atoms with Gasteiger partial charge in [0.15, 0.2) is 0 Å². The van der Waals surface area contributed by atoms with Crippen molar-refractivity contribution in [2.24, 2.45) is 5.41 Å². The van der Waals surface area contributed by atoms with Gasteiger partial charge in [-0.15, -0.1) is 0 Å². The number of thiol groups is 3. The predicted octanol–water partition coefficient (Wildman–Crippen LogP) is 1.31. The molecule has 29 heavy (non-hydrogen) atoms. The Hall–Kier alpha value is -0.660. The van der Waals surface area contributed by atoms with Crippen LogP contribution in [0, 0.1) is 5.41 Å². The van der Waals surface area contributed by atoms with Crippen molar-refractivity contribution < 1.29 is 45.0 Å². The molecule has 0 aliphatic rings. The third-order valence-corrected chi connectivity index (χ3v) is 3.10. The second kappa shape index (κ2) is 22.0. The van der Waals surface area contributed by atoms with Crippen LogP contribution in [0.4, 0.5) is 0 Å². The Morgan fingerprint density at radius 2 is 0.828 bits per heavy atom. The van der Waals surface area contributed by atoms with Gasteiger partial charge in [-0.1, -0.05) is 27.7 Å². The molecule has 9 nitrogen and oxygen atoms in total. The maximum absolute atomic E-state index is 9.76. The van der Waals surface area contributed by atoms with Crippen molar-refractivity contribution in [2.75, 3.05) is 19.8 Å². The third-order valence-electron chi connectivity index (χ3n) is 2.56. The second-order valence-electron chi connectivity index (χ2n) is 6.63. The summed E-state index contributed by atoms with van der Waals surface area (Å²) in [4.78, 5) is 29.3. The van der Waals surface area contributed by atoms with E-state index >= 15 is 0 Å². The quantitative estimate of drug-likeness (QED) is 0.220. The summed E-state index contributed by atoms with van der Waals surface area (Å²) in [6.07, 6.45) is 0.426. The standard InChI is InChI=1S/C5H12O3.3C4H8O2S/c1-5(2-6,3-7)4-8;3*1-3(7)2-4(5)6/h6-8H,2-4H2,1H3;3*3,7H,2H2,1H3,(H,5,6). The van der Waals surface area contributed by atoms with Crippen molar-refractivity contribution in [1.82, 2.24) is 0 Å². The first-order valence-electron chi connectivity index (χ1n) is 8.58. The van der Waals surface area contributed by atoms with Gasteiger partial charge in [0.1, 0.15) is 0 Å². The van der Waals surface area contributed by atoms with Crippen LogP contribution in [0.3, 0.4) is 0 Å². The van der Waals surface area contributed by atoms with Crippen LogP contribution < -0.4 is 0 Å². The molecular formula is C17H36O9S3. The highest BCUT2D eigenvalue weighted by atomic mass is 32.1. The molecule has 0 bridgehead atoms. The molecular weight excluding hydrogens is 444 g/mol. The Bertz CT molecular complexity index is 371. The minimum Gasteiger partial charge on any atom is -0.481 e. The summed E-state index contributed by atoms with van der Waals surface area (Å²) < 4.78 is 0. The van der Waals surface area contributed by atoms with Crippen LogP contribution in [0.1, 0.15) is 47.0 Å². The van der Waals surface area contributed by atoms with E-state index in [0.29, 0.717) is 0 Å². The van der Waals surface area contributed by atoms with Crippen molar-refractivity contribution in [3.05, 3.63) is 0 Å². The zero-order valence-corrected chi connectivity index (χ0v) is 19.9. The number of aliphatic hydroxyl groups excluding tert-OH is 3. The summed E-state index contributed by atoms with van der Waals surface area (Å²) in [5.74, 6) is -2.37. The molecule has 3 unspecified atom stereocenters. The number of hydrogen-bond acceptors (Lipinski definition) is 9. The fraction of sp³-hybridized carbons (Fsp3) is 0.824. The lowest BCUT2D eigenvalue weighted by Crippen LogP contribution is -2.29. The number of carbonyl (C=O) groups is 3. The second-order valence-corrected chi connectivity index (χ2v) is 9.27. The Balaban J connectivity index is -0.000000144. The highest BCUT2D eigenvalue weighted by Crippen LogP contribution is 2.11. The SMILES string of the molecule is CC(CO)(CO)CO.CC(S)CC(=O)O.CC(S)CC(=O)O.CC(S)CC(=O)O. The fourth-order valence-corrected chi connectivity index (χ4v) is 1.38. The number of aliphatic hydroxyl groups is 3. The smallest absolute Gasteiger partial charge is 0.304 e. The van der Waals surface area contributed by atoms with Gasteiger partial charge in [-0.3, -0.25) is 14.4 Å². The topological polar surface area (TPSA) is 173 Å². The van der Waals surface area contributed by atoms with Gasteiger partial charge in [-0.25, -0.2) is 0 Å². The van der Waals surface area contributed by atoms with Gasteiger partial charge in [-0.2, -0.15) is 37.9 Å². The summed E-state index contributed by atoms with van der Waals surface area (Å²) in [6, 6.07) is 0. The summed E-state index contributed by atoms with van der Waals surface area (Å²) in [5, 5.41) is 49.4. The van der Waals surface area contributed by atoms with Gasteiger partial charge in [0.25, 0.3) is 0 Å². The molecule has 0 amide bonds. The van der Waals surface area contributed by atoms with Gasteiger partial charge < -0.3 is 30.6 Å². The normalized spacial score (nSPS) is 13.0. The van der Waals surface area contributed by atoms with E-state index < -0.39 is 23.3 Å². The van der Waals surface area contributed by atoms with Crippen molar-refractivity contribution >= 4 is 55.8 Å². The maximum Gasteiger partial charge on any atom is 0.304 e. The Morgan fingerprint density at radius 3 is 0.828 bits per heavy atom. The van der Waals surface area contributed by atoms with Crippen LogP contribution >= 0.6 is 37.9 Å². The summed E-state index contributed by atoms with van der Waals surface area (Å²) in [6.45, 7) is 6.30. The van der Waals surface area contributed by atoms with Crippen molar-refractivity contribution in [1.29, 1.82) is 0 Å². The van der Waals surface area contributed by atoms with Crippen molar-refractivity contribution in [3.8, 4) is 0 Å². The first-order valence-corrected chi connectivity index (χ1v) is 10.1. The molecule has 6 N–H and O–H groups in total. The molecule has 0 aromatic rings. The minimum atomic E-state index is -0.789. The van der Waals surface area contributed by atoms with Gasteiger partial charge in [0.2, 0.25) is 0 Å². The Kier molecular flexibility index (Phi) is 27.2. The fourth-order valence-electron chi connectivity index (χ4n) is 0.908. The van der Waals surface area contributed by atoms with Crippen molar-refractivity contribution in [3.63, 3.8) is 0 Å². The van der Waals surface area contributed by atoms with E-state index in [1.807, 2.05) is 0 Å². The van der Waals surface area contributed by atoms with E-state index in [4.69, 9.17) is 30.6 Å². The molecule has 0 aliphatic heterocycles. The molecule has 0 heterocycles. The highest BCUT2D eigenvalue weighted by Gasteiger charge is 2.20. The van der Waals surface area contributed by atoms with Gasteiger partial charge in [-0.05, 0) is 0 Å². The van der Waals surface area contributed by atoms with Crippen LogP contribution in [0.15, 0.2) is 0 Å². The molecule has 0 aromatic heterocycles. The number of hydrogen-bond donors (Lipinski definition) is 9. The Morgan fingerprint density at radius 1 is 0.655 bits per heavy atom. The number of aliphatic carboxylic acids is 3. The van der Waals surface area contributed by atoms with Gasteiger partial charge >= 0.3 is 17.9 Å². The number of carboxylic acid groups (broad SMARTS) is 3. The van der Waals surface area contributed by atoms with E-state index in [1.165, 1.54) is 0 Å². The zero-order valence-electron chi connectivity index (χ0n) is 17.2. The monoisotopic (exact) mass is 480 g/mol. The molecule has 12 heteroatoms. The van der Waals surface area contributed by atoms with Crippen LogP contribution in [0.25, 0.3) is 0 Å². The van der Waals surface area contributed by atoms with Crippen molar-refractivity contribution in [2.45, 2.75) is 62.7 Å². The lowest BCUT2D eigenvalue weighted by molar-refractivity contribution is -0.137. The molecule has 176 valence electrons. The number of rotatable bonds is 9. The Labute approximate surface area is 188 Å². The average Bonchev–Trinajstić information content (AvgIpc) is 2.52.